The van der Waals surface area contributed by atoms with Crippen LogP contribution in [0.25, 0.3) is 11.3 Å². The number of fused-ring (bicyclic) bond motifs is 1. The number of rotatable bonds is 7. The molecule has 2 aromatic carbocycles. The Morgan fingerprint density at radius 2 is 1.95 bits per heavy atom. The van der Waals surface area contributed by atoms with E-state index in [-0.39, 0.29) is 36.8 Å². The second-order valence-corrected chi connectivity index (χ2v) is 9.41. The van der Waals surface area contributed by atoms with Crippen LogP contribution in [0.5, 0.6) is 11.5 Å². The van der Waals surface area contributed by atoms with Gasteiger partial charge in [0.15, 0.2) is 11.5 Å². The molecule has 1 amide bonds. The Hall–Kier alpha value is -3.37. The molecule has 3 N–H and O–H groups in total. The van der Waals surface area contributed by atoms with E-state index in [0.29, 0.717) is 34.1 Å². The molecule has 3 aromatic rings. The van der Waals surface area contributed by atoms with Gasteiger partial charge in [0, 0.05) is 29.8 Å². The number of halogens is 3. The van der Waals surface area contributed by atoms with Crippen molar-refractivity contribution in [2.75, 3.05) is 32.6 Å². The number of nitrogens with one attached hydrogen (secondary N) is 3. The van der Waals surface area contributed by atoms with E-state index >= 15 is 0 Å². The van der Waals surface area contributed by atoms with Gasteiger partial charge in [-0.05, 0) is 55.6 Å². The molecule has 0 radical (unpaired) electrons. The number of ether oxygens (including phenoxy) is 2. The number of aromatic nitrogens is 2. The molecule has 204 valence electrons. The Balaban J connectivity index is 0.00000336. The molecule has 3 heterocycles. The van der Waals surface area contributed by atoms with Crippen molar-refractivity contribution < 1.29 is 23.0 Å². The minimum Gasteiger partial charge on any atom is -0.493 e. The smallest absolute Gasteiger partial charge is 0.260 e. The molecular weight excluding hydrogens is 516 g/mol. The fraction of sp³-hybridized carbons (Fsp3) is 0.407. The number of hydrogen-bond acceptors (Lipinski definition) is 6. The van der Waals surface area contributed by atoms with Crippen LogP contribution in [-0.4, -0.2) is 55.5 Å². The number of alkyl halides is 2. The Labute approximate surface area is 226 Å². The molecule has 1 fully saturated rings. The van der Waals surface area contributed by atoms with E-state index < -0.39 is 12.5 Å². The van der Waals surface area contributed by atoms with Gasteiger partial charge in [0.2, 0.25) is 0 Å². The summed E-state index contributed by atoms with van der Waals surface area (Å²) >= 11 is 0. The summed E-state index contributed by atoms with van der Waals surface area (Å²) in [6, 6.07) is 12.9. The maximum atomic E-state index is 14.2. The first kappa shape index (κ1) is 27.7. The number of hydrogen-bond donors (Lipinski definition) is 3. The zero-order valence-electron chi connectivity index (χ0n) is 21.2. The molecular formula is C27H32ClF2N5O3. The van der Waals surface area contributed by atoms with Crippen molar-refractivity contribution >= 4 is 24.1 Å². The standard InChI is InChI=1S/C27H31F2N5O3.ClH/c1-36-23-9-8-17(12-24(23)37-2)20-13-22(26(28)29)34-25(32-20)14-21(33-34)16-5-3-6-18(11-16)27(35)31-19-7-4-10-30-15-19;/h3,5-6,8-9,11-12,14,19-20,22,26,30,32H,4,7,10,13,15H2,1-2H3,(H,31,35);1H/t19-,20?,22?;/m0./s1. The molecule has 8 nitrogen and oxygen atoms in total. The third-order valence-corrected chi connectivity index (χ3v) is 7.00. The zero-order chi connectivity index (χ0) is 25.9. The van der Waals surface area contributed by atoms with Crippen molar-refractivity contribution in [1.29, 1.82) is 0 Å². The number of carbonyl (C=O) groups excluding carboxylic acids is 1. The lowest BCUT2D eigenvalue weighted by Crippen LogP contribution is -2.45. The molecule has 2 unspecified atom stereocenters. The van der Waals surface area contributed by atoms with Gasteiger partial charge in [-0.2, -0.15) is 5.10 Å². The van der Waals surface area contributed by atoms with Crippen LogP contribution in [0.2, 0.25) is 0 Å². The van der Waals surface area contributed by atoms with Crippen LogP contribution in [0.1, 0.15) is 47.3 Å². The lowest BCUT2D eigenvalue weighted by atomic mass is 9.97. The fourth-order valence-corrected chi connectivity index (χ4v) is 5.04. The molecule has 0 spiro atoms. The van der Waals surface area contributed by atoms with Gasteiger partial charge in [-0.1, -0.05) is 18.2 Å². The second-order valence-electron chi connectivity index (χ2n) is 9.41. The monoisotopic (exact) mass is 547 g/mol. The Morgan fingerprint density at radius 3 is 2.66 bits per heavy atom. The predicted octanol–water partition coefficient (Wildman–Crippen LogP) is 4.83. The topological polar surface area (TPSA) is 89.4 Å². The molecule has 2 aliphatic rings. The molecule has 2 aliphatic heterocycles. The number of amides is 1. The van der Waals surface area contributed by atoms with Gasteiger partial charge >= 0.3 is 0 Å². The van der Waals surface area contributed by atoms with Gasteiger partial charge in [0.1, 0.15) is 11.9 Å². The van der Waals surface area contributed by atoms with Gasteiger partial charge < -0.3 is 25.4 Å². The van der Waals surface area contributed by atoms with E-state index in [2.05, 4.69) is 21.0 Å². The highest BCUT2D eigenvalue weighted by molar-refractivity contribution is 5.95. The quantitative estimate of drug-likeness (QED) is 0.392. The lowest BCUT2D eigenvalue weighted by molar-refractivity contribution is 0.0659. The minimum absolute atomic E-state index is 0. The van der Waals surface area contributed by atoms with Gasteiger partial charge in [0.25, 0.3) is 12.3 Å². The summed E-state index contributed by atoms with van der Waals surface area (Å²) in [5.41, 5.74) is 2.53. The number of methoxy groups -OCH3 is 2. The summed E-state index contributed by atoms with van der Waals surface area (Å²) in [4.78, 5) is 12.8. The normalized spacial score (nSPS) is 20.6. The molecule has 0 saturated carbocycles. The average molecular weight is 548 g/mol. The summed E-state index contributed by atoms with van der Waals surface area (Å²) in [5, 5.41) is 14.2. The molecule has 5 rings (SSSR count). The van der Waals surface area contributed by atoms with Crippen molar-refractivity contribution in [3.63, 3.8) is 0 Å². The van der Waals surface area contributed by atoms with E-state index in [9.17, 15) is 13.6 Å². The first-order valence-electron chi connectivity index (χ1n) is 12.4. The molecule has 38 heavy (non-hydrogen) atoms. The van der Waals surface area contributed by atoms with Crippen molar-refractivity contribution in [2.45, 2.75) is 43.8 Å². The molecule has 1 saturated heterocycles. The molecule has 0 aliphatic carbocycles. The molecule has 1 aromatic heterocycles. The highest BCUT2D eigenvalue weighted by Gasteiger charge is 2.35. The Kier molecular flexibility index (Phi) is 8.73. The number of carbonyl (C=O) groups is 1. The van der Waals surface area contributed by atoms with E-state index in [1.165, 1.54) is 4.68 Å². The van der Waals surface area contributed by atoms with Crippen LogP contribution in [0.15, 0.2) is 48.5 Å². The minimum atomic E-state index is -2.60. The Bertz CT molecular complexity index is 1270. The highest BCUT2D eigenvalue weighted by Crippen LogP contribution is 2.41. The number of benzene rings is 2. The summed E-state index contributed by atoms with van der Waals surface area (Å²) in [6.07, 6.45) is -0.487. The van der Waals surface area contributed by atoms with Crippen LogP contribution in [-0.2, 0) is 0 Å². The van der Waals surface area contributed by atoms with Crippen LogP contribution < -0.4 is 25.4 Å². The third-order valence-electron chi connectivity index (χ3n) is 7.00. The third kappa shape index (κ3) is 5.71. The molecule has 11 heteroatoms. The largest absolute Gasteiger partial charge is 0.493 e. The van der Waals surface area contributed by atoms with E-state index in [1.54, 1.807) is 50.6 Å². The van der Waals surface area contributed by atoms with Gasteiger partial charge in [-0.25, -0.2) is 13.5 Å². The van der Waals surface area contributed by atoms with Crippen LogP contribution in [0.3, 0.4) is 0 Å². The van der Waals surface area contributed by atoms with Gasteiger partial charge in [0.05, 0.1) is 26.0 Å². The average Bonchev–Trinajstić information content (AvgIpc) is 3.37. The first-order chi connectivity index (χ1) is 18.0. The zero-order valence-corrected chi connectivity index (χ0v) is 22.1. The second kappa shape index (κ2) is 12.0. The summed E-state index contributed by atoms with van der Waals surface area (Å²) in [5.74, 6) is 1.45. The maximum absolute atomic E-state index is 14.2. The van der Waals surface area contributed by atoms with Crippen LogP contribution >= 0.6 is 12.4 Å². The van der Waals surface area contributed by atoms with Crippen molar-refractivity contribution in [3.05, 3.63) is 59.7 Å². The highest BCUT2D eigenvalue weighted by atomic mass is 35.5. The summed E-state index contributed by atoms with van der Waals surface area (Å²) in [7, 11) is 3.09. The van der Waals surface area contributed by atoms with Crippen molar-refractivity contribution in [1.82, 2.24) is 20.4 Å². The van der Waals surface area contributed by atoms with Crippen molar-refractivity contribution in [2.24, 2.45) is 0 Å². The summed E-state index contributed by atoms with van der Waals surface area (Å²) < 4.78 is 40.4. The van der Waals surface area contributed by atoms with E-state index in [4.69, 9.17) is 9.47 Å². The number of anilines is 1. The molecule has 3 atom stereocenters. The van der Waals surface area contributed by atoms with Crippen LogP contribution in [0.4, 0.5) is 14.6 Å². The number of piperidine rings is 1. The first-order valence-corrected chi connectivity index (χ1v) is 12.4. The lowest BCUT2D eigenvalue weighted by Gasteiger charge is -2.32. The van der Waals surface area contributed by atoms with E-state index in [0.717, 1.165) is 31.5 Å². The summed E-state index contributed by atoms with van der Waals surface area (Å²) in [6.45, 7) is 1.72. The van der Waals surface area contributed by atoms with Crippen LogP contribution in [0, 0.1) is 0 Å². The Morgan fingerprint density at radius 1 is 1.13 bits per heavy atom. The number of nitrogens with zero attached hydrogens (tertiary/aromatic N) is 2. The fourth-order valence-electron chi connectivity index (χ4n) is 5.04. The SMILES string of the molecule is COc1ccc(C2CC(C(F)F)n3nc(-c4cccc(C(=O)N[C@H]5CCCNC5)c4)cc3N2)cc1OC.Cl. The molecule has 0 bridgehead atoms. The van der Waals surface area contributed by atoms with Gasteiger partial charge in [-0.15, -0.1) is 12.4 Å². The maximum Gasteiger partial charge on any atom is 0.260 e. The van der Waals surface area contributed by atoms with Crippen molar-refractivity contribution in [3.8, 4) is 22.8 Å². The van der Waals surface area contributed by atoms with E-state index in [1.807, 2.05) is 12.1 Å². The van der Waals surface area contributed by atoms with Gasteiger partial charge in [-0.3, -0.25) is 4.79 Å². The predicted molar refractivity (Wildman–Crippen MR) is 144 cm³/mol.